The van der Waals surface area contributed by atoms with Crippen LogP contribution in [0.4, 0.5) is 0 Å². The van der Waals surface area contributed by atoms with Gasteiger partial charge in [0.1, 0.15) is 13.7 Å². The quantitative estimate of drug-likeness (QED) is 0.417. The van der Waals surface area contributed by atoms with E-state index in [1.807, 2.05) is 0 Å². The van der Waals surface area contributed by atoms with Crippen molar-refractivity contribution >= 4 is 37.6 Å². The van der Waals surface area contributed by atoms with Crippen LogP contribution in [0.1, 0.15) is 0 Å². The monoisotopic (exact) mass is 393 g/mol. The van der Waals surface area contributed by atoms with Crippen LogP contribution in [0, 0.1) is 10.6 Å². The molecule has 1 aromatic heterocycles. The standard InChI is InChI=1S/C21H18BrN2O/c1-23-10-11-25-19-12-13(6-8-17(19)23)21-15-5-3-4-14-16(22)7-9-18(20(14)15)24(21)2/h3-9,12H,10-11H2,1-2H3/q+1. The fraction of sp³-hybridized carbons (Fsp3) is 0.190. The maximum absolute atomic E-state index is 5.92. The Bertz CT molecular complexity index is 1300. The molecule has 4 aromatic rings. The molecule has 25 heavy (non-hydrogen) atoms. The van der Waals surface area contributed by atoms with Crippen molar-refractivity contribution in [1.29, 1.82) is 0 Å². The summed E-state index contributed by atoms with van der Waals surface area (Å²) in [6, 6.07) is 17.4. The summed E-state index contributed by atoms with van der Waals surface area (Å²) in [5, 5.41) is 7.43. The Balaban J connectivity index is 2.04. The number of nitrogens with zero attached hydrogens (tertiary/aromatic N) is 2. The first-order chi connectivity index (χ1) is 12.1. The molecule has 0 bridgehead atoms. The van der Waals surface area contributed by atoms with Crippen LogP contribution in [0.3, 0.4) is 0 Å². The van der Waals surface area contributed by atoms with Gasteiger partial charge in [0.15, 0.2) is 12.3 Å². The lowest BCUT2D eigenvalue weighted by atomic mass is 10.1. The van der Waals surface area contributed by atoms with Crippen molar-refractivity contribution in [2.45, 2.75) is 0 Å². The summed E-state index contributed by atoms with van der Waals surface area (Å²) in [6.45, 7) is 1.67. The first kappa shape index (κ1) is 15.0. The highest BCUT2D eigenvalue weighted by Gasteiger charge is 2.15. The van der Waals surface area contributed by atoms with Gasteiger partial charge in [0, 0.05) is 39.1 Å². The maximum atomic E-state index is 5.92. The molecule has 0 saturated carbocycles. The van der Waals surface area contributed by atoms with Crippen molar-refractivity contribution in [3.8, 4) is 5.75 Å². The van der Waals surface area contributed by atoms with E-state index in [4.69, 9.17) is 4.74 Å². The van der Waals surface area contributed by atoms with Gasteiger partial charge < -0.3 is 9.30 Å². The van der Waals surface area contributed by atoms with Gasteiger partial charge in [-0.1, -0.05) is 34.1 Å². The third-order valence-electron chi connectivity index (χ3n) is 5.25. The maximum Gasteiger partial charge on any atom is 0.242 e. The minimum Gasteiger partial charge on any atom is -0.480 e. The van der Waals surface area contributed by atoms with Crippen molar-refractivity contribution in [2.75, 3.05) is 20.2 Å². The molecule has 5 rings (SSSR count). The molecule has 0 fully saturated rings. The number of aromatic nitrogens is 1. The largest absolute Gasteiger partial charge is 0.480 e. The molecule has 0 saturated heterocycles. The Kier molecular flexibility index (Phi) is 3.19. The number of rotatable bonds is 0. The number of hydrogen-bond donors (Lipinski definition) is 0. The summed E-state index contributed by atoms with van der Waals surface area (Å²) in [5.41, 5.74) is 1.25. The van der Waals surface area contributed by atoms with Gasteiger partial charge >= 0.3 is 0 Å². The third kappa shape index (κ3) is 2.07. The average molecular weight is 394 g/mol. The summed E-state index contributed by atoms with van der Waals surface area (Å²) in [4.78, 5) is 0. The van der Waals surface area contributed by atoms with E-state index >= 15 is 0 Å². The molecule has 3 nitrogen and oxygen atoms in total. The molecule has 0 aliphatic carbocycles. The van der Waals surface area contributed by atoms with E-state index < -0.39 is 0 Å². The molecule has 124 valence electrons. The van der Waals surface area contributed by atoms with Crippen molar-refractivity contribution in [3.05, 3.63) is 68.9 Å². The lowest BCUT2D eigenvalue weighted by Crippen LogP contribution is -2.36. The highest BCUT2D eigenvalue weighted by atomic mass is 79.9. The zero-order chi connectivity index (χ0) is 17.1. The molecule has 0 atom stereocenters. The highest BCUT2D eigenvalue weighted by molar-refractivity contribution is 9.10. The van der Waals surface area contributed by atoms with Gasteiger partial charge in [0.2, 0.25) is 5.36 Å². The lowest BCUT2D eigenvalue weighted by molar-refractivity contribution is 0.280. The molecular weight excluding hydrogens is 376 g/mol. The van der Waals surface area contributed by atoms with Crippen LogP contribution in [-0.4, -0.2) is 24.8 Å². The number of likely N-dealkylation sites (N-methyl/N-ethyl adjacent to an activating group) is 1. The van der Waals surface area contributed by atoms with Crippen LogP contribution in [0.5, 0.6) is 5.75 Å². The van der Waals surface area contributed by atoms with Crippen LogP contribution in [0.2, 0.25) is 0 Å². The average Bonchev–Trinajstić information content (AvgIpc) is 2.91. The second kappa shape index (κ2) is 5.33. The van der Waals surface area contributed by atoms with Gasteiger partial charge in [-0.3, -0.25) is 0 Å². The number of halogens is 1. The first-order valence-corrected chi connectivity index (χ1v) is 9.25. The Labute approximate surface area is 153 Å². The number of fused-ring (bicyclic) bond motifs is 1. The Morgan fingerprint density at radius 2 is 1.92 bits per heavy atom. The van der Waals surface area contributed by atoms with Crippen molar-refractivity contribution in [1.82, 2.24) is 9.14 Å². The van der Waals surface area contributed by atoms with Gasteiger partial charge in [0.25, 0.3) is 0 Å². The van der Waals surface area contributed by atoms with E-state index in [9.17, 15) is 0 Å². The Morgan fingerprint density at radius 3 is 2.80 bits per heavy atom. The Hall–Kier alpha value is -2.33. The van der Waals surface area contributed by atoms with Crippen LogP contribution in [0.25, 0.3) is 21.7 Å². The number of hydrogen-bond acceptors (Lipinski definition) is 1. The smallest absolute Gasteiger partial charge is 0.242 e. The van der Waals surface area contributed by atoms with Gasteiger partial charge in [-0.2, -0.15) is 0 Å². The molecule has 0 radical (unpaired) electrons. The van der Waals surface area contributed by atoms with E-state index in [1.54, 1.807) is 0 Å². The zero-order valence-corrected chi connectivity index (χ0v) is 15.8. The lowest BCUT2D eigenvalue weighted by Gasteiger charge is -2.10. The van der Waals surface area contributed by atoms with E-state index in [-0.39, 0.29) is 0 Å². The topological polar surface area (TPSA) is 17.2 Å². The van der Waals surface area contributed by atoms with Crippen LogP contribution < -0.4 is 14.7 Å². The molecule has 0 unspecified atom stereocenters. The fourth-order valence-electron chi connectivity index (χ4n) is 3.98. The van der Waals surface area contributed by atoms with E-state index in [1.165, 1.54) is 32.2 Å². The summed E-state index contributed by atoms with van der Waals surface area (Å²) in [6.07, 6.45) is 0. The zero-order valence-electron chi connectivity index (χ0n) is 14.2. The third-order valence-corrected chi connectivity index (χ3v) is 5.94. The minimum atomic E-state index is 0.737. The van der Waals surface area contributed by atoms with Crippen LogP contribution in [0.15, 0.2) is 53.0 Å². The second-order valence-corrected chi connectivity index (χ2v) is 7.51. The van der Waals surface area contributed by atoms with Crippen LogP contribution in [-0.2, 0) is 7.05 Å². The molecule has 0 spiro atoms. The molecule has 0 N–H and O–H groups in total. The predicted molar refractivity (Wildman–Crippen MR) is 105 cm³/mol. The van der Waals surface area contributed by atoms with Gasteiger partial charge in [0.05, 0.1) is 5.35 Å². The van der Waals surface area contributed by atoms with Crippen molar-refractivity contribution in [3.63, 3.8) is 0 Å². The van der Waals surface area contributed by atoms with E-state index in [0.29, 0.717) is 0 Å². The Morgan fingerprint density at radius 1 is 1.08 bits per heavy atom. The van der Waals surface area contributed by atoms with E-state index in [2.05, 4.69) is 87.7 Å². The van der Waals surface area contributed by atoms with E-state index in [0.717, 1.165) is 28.7 Å². The van der Waals surface area contributed by atoms with Gasteiger partial charge in [-0.25, -0.2) is 4.58 Å². The molecular formula is C21H18BrN2O+. The van der Waals surface area contributed by atoms with Crippen molar-refractivity contribution < 1.29 is 4.74 Å². The SMILES string of the molecule is Cn1c(=c2ccc3c(c2)OCC[N+]=3C)c2cccc3c(Br)ccc1c32. The number of ether oxygens (including phenoxy) is 1. The van der Waals surface area contributed by atoms with Crippen molar-refractivity contribution in [2.24, 2.45) is 7.05 Å². The summed E-state index contributed by atoms with van der Waals surface area (Å²) < 4.78 is 11.6. The molecule has 2 heterocycles. The number of aryl methyl sites for hydroxylation is 1. The molecule has 3 aromatic carbocycles. The molecule has 1 aliphatic heterocycles. The minimum absolute atomic E-state index is 0.737. The molecule has 4 heteroatoms. The second-order valence-electron chi connectivity index (χ2n) is 6.65. The highest BCUT2D eigenvalue weighted by Crippen LogP contribution is 2.34. The summed E-state index contributed by atoms with van der Waals surface area (Å²) in [5.74, 6) is 0.969. The first-order valence-electron chi connectivity index (χ1n) is 8.46. The fourth-order valence-corrected chi connectivity index (χ4v) is 4.45. The normalized spacial score (nSPS) is 15.6. The van der Waals surface area contributed by atoms with Gasteiger partial charge in [-0.05, 0) is 29.7 Å². The summed E-state index contributed by atoms with van der Waals surface area (Å²) >= 11 is 3.69. The predicted octanol–water partition coefficient (Wildman–Crippen LogP) is 3.61. The van der Waals surface area contributed by atoms with Crippen LogP contribution >= 0.6 is 15.9 Å². The summed E-state index contributed by atoms with van der Waals surface area (Å²) in [7, 11) is 4.26. The molecule has 1 aliphatic rings. The number of benzene rings is 3. The molecule has 0 amide bonds. The van der Waals surface area contributed by atoms with Gasteiger partial charge in [-0.15, -0.1) is 0 Å².